The van der Waals surface area contributed by atoms with Gasteiger partial charge in [0, 0.05) is 17.5 Å². The van der Waals surface area contributed by atoms with Crippen molar-refractivity contribution < 1.29 is 9.59 Å². The lowest BCUT2D eigenvalue weighted by molar-refractivity contribution is -0.123. The minimum Gasteiger partial charge on any atom is -0.326 e. The zero-order valence-corrected chi connectivity index (χ0v) is 13.2. The fourth-order valence-corrected chi connectivity index (χ4v) is 3.32. The van der Waals surface area contributed by atoms with Gasteiger partial charge < -0.3 is 10.6 Å². The number of hydrogen-bond acceptors (Lipinski definition) is 4. The van der Waals surface area contributed by atoms with Crippen molar-refractivity contribution in [3.05, 3.63) is 40.9 Å². The van der Waals surface area contributed by atoms with E-state index in [9.17, 15) is 9.59 Å². The highest BCUT2D eigenvalue weighted by atomic mass is 32.1. The molecule has 2 N–H and O–H groups in total. The molecule has 0 fully saturated rings. The van der Waals surface area contributed by atoms with Crippen LogP contribution < -0.4 is 10.6 Å². The lowest BCUT2D eigenvalue weighted by Crippen LogP contribution is -2.30. The van der Waals surface area contributed by atoms with Gasteiger partial charge in [0.1, 0.15) is 0 Å². The van der Waals surface area contributed by atoms with E-state index in [1.807, 2.05) is 29.6 Å². The number of anilines is 2. The van der Waals surface area contributed by atoms with Crippen LogP contribution in [-0.4, -0.2) is 16.8 Å². The number of para-hydroxylation sites is 1. The predicted molar refractivity (Wildman–Crippen MR) is 87.3 cm³/mol. The molecule has 0 radical (unpaired) electrons. The summed E-state index contributed by atoms with van der Waals surface area (Å²) in [5, 5.41) is 8.16. The number of hydrogen-bond donors (Lipinski definition) is 2. The van der Waals surface area contributed by atoms with Crippen LogP contribution in [0.5, 0.6) is 0 Å². The Morgan fingerprint density at radius 2 is 2.18 bits per heavy atom. The second-order valence-electron chi connectivity index (χ2n) is 5.61. The van der Waals surface area contributed by atoms with Crippen molar-refractivity contribution in [2.45, 2.75) is 32.1 Å². The van der Waals surface area contributed by atoms with Gasteiger partial charge >= 0.3 is 0 Å². The number of thiazole rings is 1. The minimum absolute atomic E-state index is 0.138. The van der Waals surface area contributed by atoms with Crippen LogP contribution in [-0.2, 0) is 9.59 Å². The van der Waals surface area contributed by atoms with Crippen molar-refractivity contribution in [2.24, 2.45) is 0 Å². The second-order valence-corrected chi connectivity index (χ2v) is 6.47. The normalized spacial score (nSPS) is 17.0. The Kier molecular flexibility index (Phi) is 3.94. The maximum absolute atomic E-state index is 12.5. The van der Waals surface area contributed by atoms with Crippen LogP contribution in [0.4, 0.5) is 10.8 Å². The standard InChI is InChI=1S/C16H17N3O2S/c1-9(2)13-8-22-16(18-13)19-15(21)11-7-14(20)17-12-6-4-3-5-10(11)12/h3-6,8-9,11H,7H2,1-2H3,(H,17,20)(H,18,19,21). The smallest absolute Gasteiger partial charge is 0.234 e. The topological polar surface area (TPSA) is 71.1 Å². The highest BCUT2D eigenvalue weighted by Gasteiger charge is 2.30. The quantitative estimate of drug-likeness (QED) is 0.912. The number of nitrogens with zero attached hydrogens (tertiary/aromatic N) is 1. The molecule has 114 valence electrons. The third kappa shape index (κ3) is 2.87. The minimum atomic E-state index is -0.476. The monoisotopic (exact) mass is 315 g/mol. The van der Waals surface area contributed by atoms with E-state index in [0.29, 0.717) is 16.7 Å². The maximum Gasteiger partial charge on any atom is 0.234 e. The van der Waals surface area contributed by atoms with Gasteiger partial charge in [-0.05, 0) is 17.5 Å². The maximum atomic E-state index is 12.5. The molecule has 2 heterocycles. The van der Waals surface area contributed by atoms with Gasteiger partial charge in [0.2, 0.25) is 11.8 Å². The van der Waals surface area contributed by atoms with Gasteiger partial charge in [-0.1, -0.05) is 32.0 Å². The van der Waals surface area contributed by atoms with Crippen molar-refractivity contribution in [1.82, 2.24) is 4.98 Å². The fraction of sp³-hybridized carbons (Fsp3) is 0.312. The second kappa shape index (κ2) is 5.88. The lowest BCUT2D eigenvalue weighted by atomic mass is 9.90. The molecule has 22 heavy (non-hydrogen) atoms. The average molecular weight is 315 g/mol. The number of amides is 2. The molecular weight excluding hydrogens is 298 g/mol. The molecule has 2 amide bonds. The van der Waals surface area contributed by atoms with Crippen molar-refractivity contribution >= 4 is 34.0 Å². The molecule has 1 unspecified atom stereocenters. The highest BCUT2D eigenvalue weighted by Crippen LogP contribution is 2.33. The molecule has 0 saturated heterocycles. The molecule has 0 bridgehead atoms. The van der Waals surface area contributed by atoms with Crippen LogP contribution in [0, 0.1) is 0 Å². The number of carbonyl (C=O) groups is 2. The van der Waals surface area contributed by atoms with Crippen molar-refractivity contribution in [3.8, 4) is 0 Å². The summed E-state index contributed by atoms with van der Waals surface area (Å²) in [6.45, 7) is 4.12. The van der Waals surface area contributed by atoms with Crippen LogP contribution in [0.25, 0.3) is 0 Å². The molecule has 2 aromatic rings. The Morgan fingerprint density at radius 1 is 1.41 bits per heavy atom. The zero-order valence-electron chi connectivity index (χ0n) is 12.4. The number of benzene rings is 1. The van der Waals surface area contributed by atoms with Gasteiger partial charge in [-0.3, -0.25) is 9.59 Å². The molecule has 6 heteroatoms. The molecule has 1 atom stereocenters. The van der Waals surface area contributed by atoms with E-state index in [0.717, 1.165) is 11.3 Å². The Labute approximate surface area is 132 Å². The van der Waals surface area contributed by atoms with Gasteiger partial charge in [0.05, 0.1) is 11.6 Å². The molecule has 3 rings (SSSR count). The average Bonchev–Trinajstić information content (AvgIpc) is 2.95. The number of carbonyl (C=O) groups excluding carboxylic acids is 2. The fourth-order valence-electron chi connectivity index (χ4n) is 2.45. The number of rotatable bonds is 3. The van der Waals surface area contributed by atoms with Crippen LogP contribution in [0.2, 0.25) is 0 Å². The summed E-state index contributed by atoms with van der Waals surface area (Å²) < 4.78 is 0. The van der Waals surface area contributed by atoms with E-state index < -0.39 is 5.92 Å². The highest BCUT2D eigenvalue weighted by molar-refractivity contribution is 7.13. The van der Waals surface area contributed by atoms with Crippen LogP contribution in [0.1, 0.15) is 43.4 Å². The summed E-state index contributed by atoms with van der Waals surface area (Å²) in [7, 11) is 0. The third-order valence-corrected chi connectivity index (χ3v) is 4.44. The molecule has 1 aromatic carbocycles. The molecule has 0 saturated carbocycles. The van der Waals surface area contributed by atoms with E-state index in [1.54, 1.807) is 0 Å². The first kappa shape index (κ1) is 14.7. The van der Waals surface area contributed by atoms with E-state index in [-0.39, 0.29) is 18.2 Å². The molecular formula is C16H17N3O2S. The van der Waals surface area contributed by atoms with Gasteiger partial charge in [-0.2, -0.15) is 0 Å². The summed E-state index contributed by atoms with van der Waals surface area (Å²) in [5.74, 6) is -0.479. The van der Waals surface area contributed by atoms with Crippen molar-refractivity contribution in [1.29, 1.82) is 0 Å². The predicted octanol–water partition coefficient (Wildman–Crippen LogP) is 3.33. The summed E-state index contributed by atoms with van der Waals surface area (Å²) in [5.41, 5.74) is 2.52. The summed E-state index contributed by atoms with van der Waals surface area (Å²) >= 11 is 1.41. The Hall–Kier alpha value is -2.21. The van der Waals surface area contributed by atoms with E-state index in [2.05, 4.69) is 29.5 Å². The van der Waals surface area contributed by atoms with Gasteiger partial charge in [0.15, 0.2) is 5.13 Å². The molecule has 1 aliphatic heterocycles. The van der Waals surface area contributed by atoms with Crippen molar-refractivity contribution in [3.63, 3.8) is 0 Å². The summed E-state index contributed by atoms with van der Waals surface area (Å²) in [4.78, 5) is 28.7. The van der Waals surface area contributed by atoms with Gasteiger partial charge in [-0.25, -0.2) is 4.98 Å². The summed E-state index contributed by atoms with van der Waals surface area (Å²) in [6.07, 6.45) is 0.158. The van der Waals surface area contributed by atoms with E-state index in [4.69, 9.17) is 0 Å². The Balaban J connectivity index is 1.81. The van der Waals surface area contributed by atoms with Gasteiger partial charge in [0.25, 0.3) is 0 Å². The SMILES string of the molecule is CC(C)c1csc(NC(=O)C2CC(=O)Nc3ccccc32)n1. The summed E-state index contributed by atoms with van der Waals surface area (Å²) in [6, 6.07) is 7.40. The zero-order chi connectivity index (χ0) is 15.7. The lowest BCUT2D eigenvalue weighted by Gasteiger charge is -2.24. The molecule has 1 aromatic heterocycles. The first-order valence-corrected chi connectivity index (χ1v) is 8.07. The Bertz CT molecular complexity index is 724. The number of fused-ring (bicyclic) bond motifs is 1. The Morgan fingerprint density at radius 3 is 2.91 bits per heavy atom. The molecule has 0 aliphatic carbocycles. The molecule has 1 aliphatic rings. The van der Waals surface area contributed by atoms with Crippen molar-refractivity contribution in [2.75, 3.05) is 10.6 Å². The third-order valence-electron chi connectivity index (χ3n) is 3.66. The molecule has 5 nitrogen and oxygen atoms in total. The van der Waals surface area contributed by atoms with E-state index >= 15 is 0 Å². The first-order valence-electron chi connectivity index (χ1n) is 7.19. The van der Waals surface area contributed by atoms with E-state index in [1.165, 1.54) is 11.3 Å². The van der Waals surface area contributed by atoms with Crippen LogP contribution in [0.15, 0.2) is 29.6 Å². The van der Waals surface area contributed by atoms with Crippen LogP contribution >= 0.6 is 11.3 Å². The van der Waals surface area contributed by atoms with Gasteiger partial charge in [-0.15, -0.1) is 11.3 Å². The largest absolute Gasteiger partial charge is 0.326 e. The molecule has 0 spiro atoms. The first-order chi connectivity index (χ1) is 10.5. The number of aromatic nitrogens is 1. The van der Waals surface area contributed by atoms with Crippen LogP contribution in [0.3, 0.4) is 0 Å². The number of nitrogens with one attached hydrogen (secondary N) is 2.